The second kappa shape index (κ2) is 7.76. The van der Waals surface area contributed by atoms with E-state index in [0.29, 0.717) is 17.9 Å². The fraction of sp³-hybridized carbons (Fsp3) is 0.0526. The third kappa shape index (κ3) is 3.66. The van der Waals surface area contributed by atoms with Gasteiger partial charge < -0.3 is 4.74 Å². The molecule has 26 heavy (non-hydrogen) atoms. The molecule has 1 aliphatic rings. The predicted octanol–water partition coefficient (Wildman–Crippen LogP) is 5.28. The van der Waals surface area contributed by atoms with E-state index in [1.165, 1.54) is 12.1 Å². The van der Waals surface area contributed by atoms with Crippen molar-refractivity contribution in [1.82, 2.24) is 0 Å². The van der Waals surface area contributed by atoms with Crippen molar-refractivity contribution in [3.63, 3.8) is 0 Å². The zero-order valence-electron chi connectivity index (χ0n) is 13.4. The minimum Gasteiger partial charge on any atom is -0.489 e. The van der Waals surface area contributed by atoms with Gasteiger partial charge in [-0.05, 0) is 42.1 Å². The fourth-order valence-electron chi connectivity index (χ4n) is 2.34. The summed E-state index contributed by atoms with van der Waals surface area (Å²) < 4.78 is 18.9. The maximum Gasteiger partial charge on any atom is 0.298 e. The van der Waals surface area contributed by atoms with Gasteiger partial charge in [-0.3, -0.25) is 9.59 Å². The molecule has 0 N–H and O–H groups in total. The number of carbonyl (C=O) groups excluding carboxylic acids is 2. The standard InChI is InChI=1S/C19H13ClFNO3S/c1-2-9-25-16-6-4-3-5-12(16)10-17-18(23)22(19(24)26-17)13-7-8-15(21)14(20)11-13/h2-8,10-11H,1,9H2/b17-10-. The van der Waals surface area contributed by atoms with Crippen LogP contribution in [0.25, 0.3) is 6.08 Å². The number of benzene rings is 2. The molecule has 0 radical (unpaired) electrons. The number of anilines is 1. The van der Waals surface area contributed by atoms with Crippen LogP contribution in [0.1, 0.15) is 5.56 Å². The van der Waals surface area contributed by atoms with Gasteiger partial charge >= 0.3 is 0 Å². The Bertz CT molecular complexity index is 929. The van der Waals surface area contributed by atoms with Crippen LogP contribution in [0, 0.1) is 5.82 Å². The first kappa shape index (κ1) is 18.2. The molecule has 2 aromatic rings. The smallest absolute Gasteiger partial charge is 0.298 e. The highest BCUT2D eigenvalue weighted by Gasteiger charge is 2.36. The summed E-state index contributed by atoms with van der Waals surface area (Å²) in [6.45, 7) is 3.92. The van der Waals surface area contributed by atoms with Crippen LogP contribution in [-0.2, 0) is 4.79 Å². The second-order valence-corrected chi connectivity index (χ2v) is 6.65. The number of nitrogens with zero attached hydrogens (tertiary/aromatic N) is 1. The molecular formula is C19H13ClFNO3S. The minimum atomic E-state index is -0.619. The molecule has 3 rings (SSSR count). The molecule has 0 saturated carbocycles. The maximum absolute atomic E-state index is 13.3. The average molecular weight is 390 g/mol. The molecular weight excluding hydrogens is 377 g/mol. The van der Waals surface area contributed by atoms with Gasteiger partial charge in [0.05, 0.1) is 15.6 Å². The van der Waals surface area contributed by atoms with Crippen molar-refractivity contribution >= 4 is 46.3 Å². The number of halogens is 2. The van der Waals surface area contributed by atoms with Gasteiger partial charge in [0, 0.05) is 5.56 Å². The summed E-state index contributed by atoms with van der Waals surface area (Å²) in [5, 5.41) is -0.637. The van der Waals surface area contributed by atoms with Gasteiger partial charge in [-0.15, -0.1) is 0 Å². The number of rotatable bonds is 5. The van der Waals surface area contributed by atoms with Crippen LogP contribution in [0.15, 0.2) is 60.0 Å². The fourth-order valence-corrected chi connectivity index (χ4v) is 3.34. The normalized spacial score (nSPS) is 15.6. The van der Waals surface area contributed by atoms with Crippen LogP contribution in [0.4, 0.5) is 14.9 Å². The molecule has 1 saturated heterocycles. The van der Waals surface area contributed by atoms with Crippen molar-refractivity contribution in [2.45, 2.75) is 0 Å². The van der Waals surface area contributed by atoms with Crippen LogP contribution in [0.2, 0.25) is 5.02 Å². The van der Waals surface area contributed by atoms with Gasteiger partial charge in [-0.1, -0.05) is 42.5 Å². The van der Waals surface area contributed by atoms with Crippen LogP contribution >= 0.6 is 23.4 Å². The van der Waals surface area contributed by atoms with Crippen LogP contribution in [-0.4, -0.2) is 17.8 Å². The highest BCUT2D eigenvalue weighted by atomic mass is 35.5. The van der Waals surface area contributed by atoms with Gasteiger partial charge in [0.15, 0.2) is 0 Å². The minimum absolute atomic E-state index is 0.159. The lowest BCUT2D eigenvalue weighted by Gasteiger charge is -2.12. The molecule has 1 heterocycles. The summed E-state index contributed by atoms with van der Waals surface area (Å²) in [4.78, 5) is 26.2. The van der Waals surface area contributed by atoms with E-state index in [2.05, 4.69) is 6.58 Å². The third-order valence-corrected chi connectivity index (χ3v) is 4.68. The average Bonchev–Trinajstić information content (AvgIpc) is 2.90. The number of para-hydroxylation sites is 1. The molecule has 0 spiro atoms. The first-order valence-corrected chi connectivity index (χ1v) is 8.76. The van der Waals surface area contributed by atoms with Gasteiger partial charge in [0.25, 0.3) is 11.1 Å². The molecule has 0 unspecified atom stereocenters. The molecule has 132 valence electrons. The van der Waals surface area contributed by atoms with E-state index in [9.17, 15) is 14.0 Å². The van der Waals surface area contributed by atoms with E-state index in [0.717, 1.165) is 22.7 Å². The predicted molar refractivity (Wildman–Crippen MR) is 102 cm³/mol. The number of thioether (sulfide) groups is 1. The number of hydrogen-bond acceptors (Lipinski definition) is 4. The first-order valence-electron chi connectivity index (χ1n) is 7.57. The number of imide groups is 1. The lowest BCUT2D eigenvalue weighted by atomic mass is 10.2. The van der Waals surface area contributed by atoms with Crippen LogP contribution in [0.5, 0.6) is 5.75 Å². The Morgan fingerprint density at radius 2 is 2.00 bits per heavy atom. The van der Waals surface area contributed by atoms with E-state index in [1.807, 2.05) is 6.07 Å². The monoisotopic (exact) mass is 389 g/mol. The van der Waals surface area contributed by atoms with Crippen molar-refractivity contribution in [1.29, 1.82) is 0 Å². The third-order valence-electron chi connectivity index (χ3n) is 3.52. The number of hydrogen-bond donors (Lipinski definition) is 0. The summed E-state index contributed by atoms with van der Waals surface area (Å²) in [5.74, 6) is -0.545. The highest BCUT2D eigenvalue weighted by Crippen LogP contribution is 2.37. The van der Waals surface area contributed by atoms with Crippen molar-refractivity contribution in [2.75, 3.05) is 11.5 Å². The Morgan fingerprint density at radius 3 is 2.73 bits per heavy atom. The largest absolute Gasteiger partial charge is 0.489 e. The van der Waals surface area contributed by atoms with Crippen LogP contribution in [0.3, 0.4) is 0 Å². The summed E-state index contributed by atoms with van der Waals surface area (Å²) in [6.07, 6.45) is 3.21. The van der Waals surface area contributed by atoms with Crippen molar-refractivity contribution in [3.05, 3.63) is 76.4 Å². The molecule has 0 aromatic heterocycles. The highest BCUT2D eigenvalue weighted by molar-refractivity contribution is 8.19. The zero-order valence-corrected chi connectivity index (χ0v) is 15.0. The zero-order chi connectivity index (χ0) is 18.7. The number of amides is 2. The van der Waals surface area contributed by atoms with Gasteiger partial charge in [-0.2, -0.15) is 0 Å². The molecule has 0 atom stereocenters. The Balaban J connectivity index is 1.93. The molecule has 7 heteroatoms. The molecule has 2 amide bonds. The van der Waals surface area contributed by atoms with E-state index < -0.39 is 17.0 Å². The Labute approximate surface area is 158 Å². The number of ether oxygens (including phenoxy) is 1. The molecule has 0 aliphatic carbocycles. The molecule has 0 bridgehead atoms. The second-order valence-electron chi connectivity index (χ2n) is 5.25. The molecule has 4 nitrogen and oxygen atoms in total. The van der Waals surface area contributed by atoms with Gasteiger partial charge in [0.2, 0.25) is 0 Å². The summed E-state index contributed by atoms with van der Waals surface area (Å²) in [6, 6.07) is 10.8. The van der Waals surface area contributed by atoms with E-state index in [-0.39, 0.29) is 15.6 Å². The van der Waals surface area contributed by atoms with Crippen molar-refractivity contribution in [3.8, 4) is 5.75 Å². The molecule has 1 fully saturated rings. The Kier molecular flexibility index (Phi) is 5.44. The Hall–Kier alpha value is -2.57. The summed E-state index contributed by atoms with van der Waals surface area (Å²) in [7, 11) is 0. The van der Waals surface area contributed by atoms with Gasteiger partial charge in [0.1, 0.15) is 18.2 Å². The summed E-state index contributed by atoms with van der Waals surface area (Å²) in [5.41, 5.74) is 0.885. The number of carbonyl (C=O) groups is 2. The van der Waals surface area contributed by atoms with Crippen LogP contribution < -0.4 is 9.64 Å². The quantitative estimate of drug-likeness (QED) is 0.515. The van der Waals surface area contributed by atoms with Crippen molar-refractivity contribution < 1.29 is 18.7 Å². The first-order chi connectivity index (χ1) is 12.5. The Morgan fingerprint density at radius 1 is 1.23 bits per heavy atom. The topological polar surface area (TPSA) is 46.6 Å². The lowest BCUT2D eigenvalue weighted by Crippen LogP contribution is -2.27. The lowest BCUT2D eigenvalue weighted by molar-refractivity contribution is -0.113. The maximum atomic E-state index is 13.3. The SMILES string of the molecule is C=CCOc1ccccc1/C=C1\SC(=O)N(c2ccc(F)c(Cl)c2)C1=O. The molecule has 2 aromatic carbocycles. The van der Waals surface area contributed by atoms with E-state index >= 15 is 0 Å². The van der Waals surface area contributed by atoms with Crippen molar-refractivity contribution in [2.24, 2.45) is 0 Å². The van der Waals surface area contributed by atoms with E-state index in [1.54, 1.807) is 30.4 Å². The van der Waals surface area contributed by atoms with Gasteiger partial charge in [-0.25, -0.2) is 9.29 Å². The van der Waals surface area contributed by atoms with E-state index in [4.69, 9.17) is 16.3 Å². The molecule has 1 aliphatic heterocycles. The summed E-state index contributed by atoms with van der Waals surface area (Å²) >= 11 is 6.55.